The van der Waals surface area contributed by atoms with Crippen molar-refractivity contribution in [1.82, 2.24) is 0 Å². The first-order valence-corrected chi connectivity index (χ1v) is 10.3. The van der Waals surface area contributed by atoms with Crippen LogP contribution in [0.3, 0.4) is 0 Å². The Morgan fingerprint density at radius 1 is 1.11 bits per heavy atom. The van der Waals surface area contributed by atoms with Crippen LogP contribution in [0.2, 0.25) is 0 Å². The highest BCUT2D eigenvalue weighted by molar-refractivity contribution is 7.93. The van der Waals surface area contributed by atoms with E-state index in [2.05, 4.69) is 6.58 Å². The van der Waals surface area contributed by atoms with Gasteiger partial charge in [0.2, 0.25) is 0 Å². The van der Waals surface area contributed by atoms with E-state index in [-0.39, 0.29) is 17.9 Å². The Labute approximate surface area is 160 Å². The SMILES string of the molecule is C=C(c1ccccc1)C1C=CCC1(C(=O)OCC)S(=O)(=O)c1ccccc1. The van der Waals surface area contributed by atoms with Gasteiger partial charge in [0.1, 0.15) is 0 Å². The van der Waals surface area contributed by atoms with Crippen molar-refractivity contribution in [2.75, 3.05) is 6.61 Å². The summed E-state index contributed by atoms with van der Waals surface area (Å²) in [5, 5.41) is 0. The van der Waals surface area contributed by atoms with Crippen LogP contribution in [-0.4, -0.2) is 25.7 Å². The Hall–Kier alpha value is -2.66. The van der Waals surface area contributed by atoms with Crippen molar-refractivity contribution in [3.8, 4) is 0 Å². The Balaban J connectivity index is 2.17. The van der Waals surface area contributed by atoms with Gasteiger partial charge in [0, 0.05) is 5.92 Å². The second-order valence-electron chi connectivity index (χ2n) is 6.43. The summed E-state index contributed by atoms with van der Waals surface area (Å²) in [5.41, 5.74) is 1.38. The summed E-state index contributed by atoms with van der Waals surface area (Å²) in [6.07, 6.45) is 3.54. The van der Waals surface area contributed by atoms with Gasteiger partial charge in [0.15, 0.2) is 14.6 Å². The second-order valence-corrected chi connectivity index (χ2v) is 8.63. The molecule has 0 fully saturated rings. The number of sulfone groups is 1. The fraction of sp³-hybridized carbons (Fsp3) is 0.227. The average Bonchev–Trinajstić information content (AvgIpc) is 3.16. The van der Waals surface area contributed by atoms with Gasteiger partial charge in [-0.25, -0.2) is 8.42 Å². The molecule has 0 spiro atoms. The van der Waals surface area contributed by atoms with Crippen molar-refractivity contribution < 1.29 is 17.9 Å². The van der Waals surface area contributed by atoms with E-state index >= 15 is 0 Å². The number of carbonyl (C=O) groups excluding carboxylic acids is 1. The number of ether oxygens (including phenoxy) is 1. The van der Waals surface area contributed by atoms with E-state index in [1.54, 1.807) is 37.3 Å². The van der Waals surface area contributed by atoms with Crippen LogP contribution in [0.15, 0.2) is 84.3 Å². The molecule has 1 aliphatic carbocycles. The molecule has 0 saturated carbocycles. The molecule has 2 aromatic rings. The van der Waals surface area contributed by atoms with Crippen molar-refractivity contribution in [2.24, 2.45) is 5.92 Å². The zero-order valence-corrected chi connectivity index (χ0v) is 16.0. The van der Waals surface area contributed by atoms with Crippen molar-refractivity contribution in [3.05, 3.63) is 85.0 Å². The zero-order chi connectivity index (χ0) is 19.5. The molecule has 0 N–H and O–H groups in total. The molecule has 5 heteroatoms. The number of esters is 1. The topological polar surface area (TPSA) is 60.4 Å². The van der Waals surface area contributed by atoms with E-state index in [1.165, 1.54) is 12.1 Å². The van der Waals surface area contributed by atoms with E-state index in [4.69, 9.17) is 4.74 Å². The molecule has 1 aliphatic rings. The van der Waals surface area contributed by atoms with Gasteiger partial charge in [-0.1, -0.05) is 67.3 Å². The van der Waals surface area contributed by atoms with E-state index in [0.29, 0.717) is 5.57 Å². The van der Waals surface area contributed by atoms with Gasteiger partial charge < -0.3 is 4.74 Å². The lowest BCUT2D eigenvalue weighted by atomic mass is 9.85. The molecule has 4 nitrogen and oxygen atoms in total. The van der Waals surface area contributed by atoms with Crippen molar-refractivity contribution in [2.45, 2.75) is 23.0 Å². The number of rotatable bonds is 6. The zero-order valence-electron chi connectivity index (χ0n) is 15.2. The quantitative estimate of drug-likeness (QED) is 0.559. The molecular weight excluding hydrogens is 360 g/mol. The van der Waals surface area contributed by atoms with Gasteiger partial charge in [0.25, 0.3) is 0 Å². The number of hydrogen-bond acceptors (Lipinski definition) is 4. The molecule has 0 bridgehead atoms. The maximum Gasteiger partial charge on any atom is 0.329 e. The first-order chi connectivity index (χ1) is 12.9. The summed E-state index contributed by atoms with van der Waals surface area (Å²) in [6, 6.07) is 17.4. The van der Waals surface area contributed by atoms with E-state index < -0.39 is 26.5 Å². The van der Waals surface area contributed by atoms with Gasteiger partial charge in [0.05, 0.1) is 11.5 Å². The van der Waals surface area contributed by atoms with Gasteiger partial charge in [-0.05, 0) is 36.6 Å². The number of allylic oxidation sites excluding steroid dienone is 3. The summed E-state index contributed by atoms with van der Waals surface area (Å²) in [4.78, 5) is 13.2. The van der Waals surface area contributed by atoms with Crippen LogP contribution in [0, 0.1) is 5.92 Å². The lowest BCUT2D eigenvalue weighted by molar-refractivity contribution is -0.146. The lowest BCUT2D eigenvalue weighted by Gasteiger charge is -2.34. The Kier molecular flexibility index (Phi) is 5.33. The van der Waals surface area contributed by atoms with E-state index in [1.807, 2.05) is 30.3 Å². The molecule has 0 aromatic heterocycles. The van der Waals surface area contributed by atoms with Crippen molar-refractivity contribution in [1.29, 1.82) is 0 Å². The molecule has 0 saturated heterocycles. The highest BCUT2D eigenvalue weighted by Gasteiger charge is 2.59. The largest absolute Gasteiger partial charge is 0.465 e. The summed E-state index contributed by atoms with van der Waals surface area (Å²) in [7, 11) is -4.02. The van der Waals surface area contributed by atoms with Crippen LogP contribution in [0.4, 0.5) is 0 Å². The van der Waals surface area contributed by atoms with Crippen molar-refractivity contribution >= 4 is 21.4 Å². The second kappa shape index (κ2) is 7.53. The summed E-state index contributed by atoms with van der Waals surface area (Å²) >= 11 is 0. The molecule has 2 aromatic carbocycles. The molecule has 0 heterocycles. The smallest absolute Gasteiger partial charge is 0.329 e. The van der Waals surface area contributed by atoms with E-state index in [9.17, 15) is 13.2 Å². The molecule has 2 atom stereocenters. The Morgan fingerprint density at radius 2 is 1.70 bits per heavy atom. The third kappa shape index (κ3) is 3.12. The maximum absolute atomic E-state index is 13.6. The lowest BCUT2D eigenvalue weighted by Crippen LogP contribution is -2.51. The first kappa shape index (κ1) is 19.1. The third-order valence-electron chi connectivity index (χ3n) is 4.93. The molecule has 0 radical (unpaired) electrons. The van der Waals surface area contributed by atoms with Gasteiger partial charge in [-0.2, -0.15) is 0 Å². The van der Waals surface area contributed by atoms with Crippen LogP contribution in [0.25, 0.3) is 5.57 Å². The summed E-state index contributed by atoms with van der Waals surface area (Å²) < 4.78 is 30.8. The maximum atomic E-state index is 13.6. The molecule has 140 valence electrons. The molecule has 3 rings (SSSR count). The number of carbonyl (C=O) groups is 1. The van der Waals surface area contributed by atoms with E-state index in [0.717, 1.165) is 5.56 Å². The minimum Gasteiger partial charge on any atom is -0.465 e. The van der Waals surface area contributed by atoms with Crippen LogP contribution < -0.4 is 0 Å². The fourth-order valence-corrected chi connectivity index (χ4v) is 5.64. The average molecular weight is 382 g/mol. The van der Waals surface area contributed by atoms with Crippen LogP contribution in [-0.2, 0) is 19.4 Å². The highest BCUT2D eigenvalue weighted by atomic mass is 32.2. The van der Waals surface area contributed by atoms with Gasteiger partial charge >= 0.3 is 5.97 Å². The van der Waals surface area contributed by atoms with Crippen LogP contribution in [0.1, 0.15) is 18.9 Å². The normalized spacial score (nSPS) is 21.7. The monoisotopic (exact) mass is 382 g/mol. The third-order valence-corrected chi connectivity index (χ3v) is 7.37. The minimum atomic E-state index is -4.02. The molecule has 0 amide bonds. The number of hydrogen-bond donors (Lipinski definition) is 0. The standard InChI is InChI=1S/C22H22O4S/c1-3-26-21(23)22(27(24,25)19-13-8-5-9-14-19)16-10-15-20(22)17(2)18-11-6-4-7-12-18/h4-15,20H,2-3,16H2,1H3. The van der Waals surface area contributed by atoms with Gasteiger partial charge in [-0.3, -0.25) is 4.79 Å². The molecule has 27 heavy (non-hydrogen) atoms. The Morgan fingerprint density at radius 3 is 2.30 bits per heavy atom. The molecule has 0 aliphatic heterocycles. The van der Waals surface area contributed by atoms with Crippen LogP contribution in [0.5, 0.6) is 0 Å². The molecule has 2 unspecified atom stereocenters. The van der Waals surface area contributed by atoms with Crippen molar-refractivity contribution in [3.63, 3.8) is 0 Å². The Bertz CT molecular complexity index is 962. The first-order valence-electron chi connectivity index (χ1n) is 8.83. The predicted molar refractivity (Wildman–Crippen MR) is 106 cm³/mol. The van der Waals surface area contributed by atoms with Gasteiger partial charge in [-0.15, -0.1) is 0 Å². The predicted octanol–water partition coefficient (Wildman–Crippen LogP) is 4.05. The summed E-state index contributed by atoms with van der Waals surface area (Å²) in [6.45, 7) is 5.91. The number of benzene rings is 2. The van der Waals surface area contributed by atoms with Crippen LogP contribution >= 0.6 is 0 Å². The minimum absolute atomic E-state index is 0.0551. The summed E-state index contributed by atoms with van der Waals surface area (Å²) in [5.74, 6) is -1.44. The molecular formula is C22H22O4S. The fourth-order valence-electron chi connectivity index (χ4n) is 3.55. The highest BCUT2D eigenvalue weighted by Crippen LogP contribution is 2.47.